The van der Waals surface area contributed by atoms with Crippen molar-refractivity contribution in [1.82, 2.24) is 4.90 Å². The largest absolute Gasteiger partial charge is 0.493 e. The minimum Gasteiger partial charge on any atom is -0.493 e. The van der Waals surface area contributed by atoms with Crippen LogP contribution in [0.15, 0.2) is 18.2 Å². The van der Waals surface area contributed by atoms with Crippen LogP contribution in [0.3, 0.4) is 0 Å². The van der Waals surface area contributed by atoms with E-state index in [2.05, 4.69) is 0 Å². The lowest BCUT2D eigenvalue weighted by Gasteiger charge is -2.44. The first-order valence-corrected chi connectivity index (χ1v) is 7.50. The summed E-state index contributed by atoms with van der Waals surface area (Å²) >= 11 is 0. The molecule has 1 aromatic rings. The molecular formula is C17H25NO4. The number of ether oxygens (including phenoxy) is 3. The Labute approximate surface area is 132 Å². The first-order valence-electron chi connectivity index (χ1n) is 7.50. The minimum atomic E-state index is -0.278. The Morgan fingerprint density at radius 1 is 1.32 bits per heavy atom. The van der Waals surface area contributed by atoms with Gasteiger partial charge in [-0.2, -0.15) is 0 Å². The minimum absolute atomic E-state index is 0.0716. The summed E-state index contributed by atoms with van der Waals surface area (Å²) in [5.74, 6) is 1.41. The Morgan fingerprint density at radius 3 is 2.64 bits per heavy atom. The lowest BCUT2D eigenvalue weighted by molar-refractivity contribution is -0.152. The van der Waals surface area contributed by atoms with E-state index in [-0.39, 0.29) is 17.6 Å². The molecule has 1 unspecified atom stereocenters. The standard InChI is InChI=1S/C17H25NO4/c1-12-10-18(17(2,3)11-22-12)16(19)9-13-6-7-14(20-4)15(8-13)21-5/h6-8,12H,9-11H2,1-5H3. The lowest BCUT2D eigenvalue weighted by Crippen LogP contribution is -2.58. The Kier molecular flexibility index (Phi) is 4.96. The van der Waals surface area contributed by atoms with Gasteiger partial charge in [-0.05, 0) is 38.5 Å². The molecule has 1 saturated heterocycles. The van der Waals surface area contributed by atoms with Crippen molar-refractivity contribution in [2.24, 2.45) is 0 Å². The second kappa shape index (κ2) is 6.57. The highest BCUT2D eigenvalue weighted by molar-refractivity contribution is 5.80. The first-order chi connectivity index (χ1) is 10.4. The van der Waals surface area contributed by atoms with Crippen LogP contribution in [-0.4, -0.2) is 49.8 Å². The van der Waals surface area contributed by atoms with Crippen molar-refractivity contribution in [3.8, 4) is 11.5 Å². The lowest BCUT2D eigenvalue weighted by atomic mass is 9.99. The van der Waals surface area contributed by atoms with Gasteiger partial charge in [-0.25, -0.2) is 0 Å². The van der Waals surface area contributed by atoms with Gasteiger partial charge >= 0.3 is 0 Å². The molecule has 0 aromatic heterocycles. The van der Waals surface area contributed by atoms with E-state index in [0.717, 1.165) is 5.56 Å². The van der Waals surface area contributed by atoms with Crippen LogP contribution in [0.1, 0.15) is 26.3 Å². The highest BCUT2D eigenvalue weighted by atomic mass is 16.5. The second-order valence-electron chi connectivity index (χ2n) is 6.30. The van der Waals surface area contributed by atoms with E-state index in [4.69, 9.17) is 14.2 Å². The van der Waals surface area contributed by atoms with Gasteiger partial charge in [0.1, 0.15) is 0 Å². The van der Waals surface area contributed by atoms with Crippen LogP contribution in [0.25, 0.3) is 0 Å². The molecule has 1 amide bonds. The number of rotatable bonds is 4. The van der Waals surface area contributed by atoms with Crippen molar-refractivity contribution >= 4 is 5.91 Å². The third-order valence-corrected chi connectivity index (χ3v) is 4.00. The molecule has 122 valence electrons. The molecule has 0 bridgehead atoms. The zero-order valence-corrected chi connectivity index (χ0v) is 14.0. The molecule has 1 fully saturated rings. The quantitative estimate of drug-likeness (QED) is 0.856. The molecule has 1 aliphatic rings. The zero-order chi connectivity index (χ0) is 16.3. The van der Waals surface area contributed by atoms with Gasteiger partial charge < -0.3 is 19.1 Å². The Morgan fingerprint density at radius 2 is 2.00 bits per heavy atom. The summed E-state index contributed by atoms with van der Waals surface area (Å²) in [6, 6.07) is 5.58. The van der Waals surface area contributed by atoms with Gasteiger partial charge in [0.2, 0.25) is 5.91 Å². The van der Waals surface area contributed by atoms with Crippen molar-refractivity contribution in [2.45, 2.75) is 38.8 Å². The normalized spacial score (nSPS) is 20.6. The van der Waals surface area contributed by atoms with Crippen molar-refractivity contribution in [3.63, 3.8) is 0 Å². The fourth-order valence-electron chi connectivity index (χ4n) is 2.68. The molecule has 1 aliphatic heterocycles. The molecule has 0 N–H and O–H groups in total. The number of carbonyl (C=O) groups excluding carboxylic acids is 1. The predicted octanol–water partition coefficient (Wildman–Crippen LogP) is 2.27. The SMILES string of the molecule is COc1ccc(CC(=O)N2CC(C)OCC2(C)C)cc1OC. The van der Waals surface area contributed by atoms with Gasteiger partial charge in [0.25, 0.3) is 0 Å². The van der Waals surface area contributed by atoms with Crippen LogP contribution in [-0.2, 0) is 16.0 Å². The fourth-order valence-corrected chi connectivity index (χ4v) is 2.68. The summed E-state index contributed by atoms with van der Waals surface area (Å²) in [6.45, 7) is 7.24. The first kappa shape index (κ1) is 16.6. The average Bonchev–Trinajstić information content (AvgIpc) is 2.49. The number of carbonyl (C=O) groups is 1. The number of nitrogens with zero attached hydrogens (tertiary/aromatic N) is 1. The summed E-state index contributed by atoms with van der Waals surface area (Å²) in [6.07, 6.45) is 0.415. The van der Waals surface area contributed by atoms with Crippen LogP contribution in [0, 0.1) is 0 Å². The van der Waals surface area contributed by atoms with Crippen LogP contribution in [0.4, 0.5) is 0 Å². The summed E-state index contributed by atoms with van der Waals surface area (Å²) in [7, 11) is 3.19. The van der Waals surface area contributed by atoms with E-state index >= 15 is 0 Å². The van der Waals surface area contributed by atoms with Gasteiger partial charge in [-0.3, -0.25) is 4.79 Å². The summed E-state index contributed by atoms with van der Waals surface area (Å²) in [4.78, 5) is 14.6. The molecule has 2 rings (SSSR count). The van der Waals surface area contributed by atoms with Crippen LogP contribution < -0.4 is 9.47 Å². The van der Waals surface area contributed by atoms with Crippen molar-refractivity contribution in [1.29, 1.82) is 0 Å². The third-order valence-electron chi connectivity index (χ3n) is 4.00. The van der Waals surface area contributed by atoms with E-state index in [1.165, 1.54) is 0 Å². The number of amides is 1. The number of benzene rings is 1. The molecule has 0 spiro atoms. The Balaban J connectivity index is 2.14. The molecule has 22 heavy (non-hydrogen) atoms. The van der Waals surface area contributed by atoms with Crippen LogP contribution in [0.5, 0.6) is 11.5 Å². The molecular weight excluding hydrogens is 282 g/mol. The maximum atomic E-state index is 12.7. The Bertz CT molecular complexity index is 541. The molecule has 5 heteroatoms. The number of hydrogen-bond donors (Lipinski definition) is 0. The molecule has 0 saturated carbocycles. The monoisotopic (exact) mass is 307 g/mol. The fraction of sp³-hybridized carbons (Fsp3) is 0.588. The van der Waals surface area contributed by atoms with Gasteiger partial charge in [0.05, 0.1) is 38.9 Å². The molecule has 1 aromatic carbocycles. The number of hydrogen-bond acceptors (Lipinski definition) is 4. The zero-order valence-electron chi connectivity index (χ0n) is 14.0. The van der Waals surface area contributed by atoms with Gasteiger partial charge in [-0.15, -0.1) is 0 Å². The highest BCUT2D eigenvalue weighted by Crippen LogP contribution is 2.29. The van der Waals surface area contributed by atoms with E-state index < -0.39 is 0 Å². The van der Waals surface area contributed by atoms with Gasteiger partial charge in [-0.1, -0.05) is 6.07 Å². The van der Waals surface area contributed by atoms with Gasteiger partial charge in [0, 0.05) is 6.54 Å². The van der Waals surface area contributed by atoms with Gasteiger partial charge in [0.15, 0.2) is 11.5 Å². The summed E-state index contributed by atoms with van der Waals surface area (Å²) in [5, 5.41) is 0. The van der Waals surface area contributed by atoms with Crippen LogP contribution >= 0.6 is 0 Å². The maximum Gasteiger partial charge on any atom is 0.227 e. The smallest absolute Gasteiger partial charge is 0.227 e. The molecule has 0 radical (unpaired) electrons. The maximum absolute atomic E-state index is 12.7. The summed E-state index contributed by atoms with van der Waals surface area (Å²) < 4.78 is 16.2. The van der Waals surface area contributed by atoms with Crippen molar-refractivity contribution < 1.29 is 19.0 Å². The van der Waals surface area contributed by atoms with E-state index in [0.29, 0.717) is 31.1 Å². The average molecular weight is 307 g/mol. The number of methoxy groups -OCH3 is 2. The number of morpholine rings is 1. The molecule has 5 nitrogen and oxygen atoms in total. The molecule has 1 heterocycles. The topological polar surface area (TPSA) is 48.0 Å². The van der Waals surface area contributed by atoms with E-state index in [1.807, 2.05) is 43.9 Å². The van der Waals surface area contributed by atoms with E-state index in [9.17, 15) is 4.79 Å². The molecule has 0 aliphatic carbocycles. The van der Waals surface area contributed by atoms with Crippen molar-refractivity contribution in [3.05, 3.63) is 23.8 Å². The molecule has 1 atom stereocenters. The highest BCUT2D eigenvalue weighted by Gasteiger charge is 2.36. The Hall–Kier alpha value is -1.75. The summed E-state index contributed by atoms with van der Waals surface area (Å²) in [5.41, 5.74) is 0.637. The van der Waals surface area contributed by atoms with E-state index in [1.54, 1.807) is 14.2 Å². The third kappa shape index (κ3) is 3.53. The predicted molar refractivity (Wildman–Crippen MR) is 84.5 cm³/mol. The van der Waals surface area contributed by atoms with Crippen LogP contribution in [0.2, 0.25) is 0 Å². The second-order valence-corrected chi connectivity index (χ2v) is 6.30. The van der Waals surface area contributed by atoms with Crippen molar-refractivity contribution in [2.75, 3.05) is 27.4 Å².